The van der Waals surface area contributed by atoms with Gasteiger partial charge in [0.05, 0.1) is 6.61 Å². The molecule has 15 heavy (non-hydrogen) atoms. The summed E-state index contributed by atoms with van der Waals surface area (Å²) in [5.41, 5.74) is 0. The van der Waals surface area contributed by atoms with Gasteiger partial charge in [-0.1, -0.05) is 0 Å². The molecule has 0 aliphatic carbocycles. The lowest BCUT2D eigenvalue weighted by Crippen LogP contribution is -2.54. The minimum absolute atomic E-state index is 0.440. The number of hydrogen-bond acceptors (Lipinski definition) is 4. The summed E-state index contributed by atoms with van der Waals surface area (Å²) in [6.07, 6.45) is 0. The molecule has 0 aromatic carbocycles. The van der Waals surface area contributed by atoms with Crippen LogP contribution in [0.5, 0.6) is 0 Å². The van der Waals surface area contributed by atoms with Crippen LogP contribution in [-0.2, 0) is 4.74 Å². The molecule has 2 atom stereocenters. The summed E-state index contributed by atoms with van der Waals surface area (Å²) in [5.74, 6) is 0. The highest BCUT2D eigenvalue weighted by Gasteiger charge is 2.21. The van der Waals surface area contributed by atoms with Crippen LogP contribution in [0.1, 0.15) is 6.92 Å². The number of nitrogens with one attached hydrogen (secondary N) is 1. The topological polar surface area (TPSA) is 27.7 Å². The Morgan fingerprint density at radius 2 is 2.13 bits per heavy atom. The van der Waals surface area contributed by atoms with Gasteiger partial charge in [0.2, 0.25) is 0 Å². The van der Waals surface area contributed by atoms with E-state index in [1.165, 1.54) is 13.1 Å². The SMILES string of the molecule is COCC(C)NCC1CN(C)CCN1C. The van der Waals surface area contributed by atoms with Crippen molar-refractivity contribution < 1.29 is 4.74 Å². The highest BCUT2D eigenvalue weighted by atomic mass is 16.5. The van der Waals surface area contributed by atoms with E-state index in [2.05, 4.69) is 36.1 Å². The fourth-order valence-electron chi connectivity index (χ4n) is 1.97. The molecular formula is C11H25N3O. The third-order valence-electron chi connectivity index (χ3n) is 3.10. The lowest BCUT2D eigenvalue weighted by molar-refractivity contribution is 0.106. The summed E-state index contributed by atoms with van der Waals surface area (Å²) >= 11 is 0. The summed E-state index contributed by atoms with van der Waals surface area (Å²) in [5, 5.41) is 3.51. The first-order valence-electron chi connectivity index (χ1n) is 5.74. The Morgan fingerprint density at radius 3 is 2.80 bits per heavy atom. The maximum absolute atomic E-state index is 5.10. The maximum atomic E-state index is 5.10. The summed E-state index contributed by atoms with van der Waals surface area (Å²) < 4.78 is 5.10. The minimum atomic E-state index is 0.440. The molecule has 1 aliphatic rings. The Bertz CT molecular complexity index is 177. The summed E-state index contributed by atoms with van der Waals surface area (Å²) in [7, 11) is 6.15. The largest absolute Gasteiger partial charge is 0.383 e. The zero-order chi connectivity index (χ0) is 11.3. The second-order valence-electron chi connectivity index (χ2n) is 4.66. The van der Waals surface area contributed by atoms with Crippen molar-refractivity contribution >= 4 is 0 Å². The third kappa shape index (κ3) is 4.47. The van der Waals surface area contributed by atoms with Crippen LogP contribution < -0.4 is 5.32 Å². The summed E-state index contributed by atoms with van der Waals surface area (Å²) in [4.78, 5) is 4.83. The van der Waals surface area contributed by atoms with E-state index in [4.69, 9.17) is 4.74 Å². The van der Waals surface area contributed by atoms with Gasteiger partial charge >= 0.3 is 0 Å². The van der Waals surface area contributed by atoms with Crippen LogP contribution in [0.25, 0.3) is 0 Å². The molecule has 1 fully saturated rings. The van der Waals surface area contributed by atoms with Crippen LogP contribution >= 0.6 is 0 Å². The second-order valence-corrected chi connectivity index (χ2v) is 4.66. The van der Waals surface area contributed by atoms with Crippen molar-refractivity contribution in [1.29, 1.82) is 0 Å². The van der Waals surface area contributed by atoms with Crippen molar-refractivity contribution in [3.8, 4) is 0 Å². The molecule has 4 heteroatoms. The van der Waals surface area contributed by atoms with Gasteiger partial charge in [-0.05, 0) is 21.0 Å². The van der Waals surface area contributed by atoms with E-state index in [9.17, 15) is 0 Å². The fourth-order valence-corrected chi connectivity index (χ4v) is 1.97. The average Bonchev–Trinajstić information content (AvgIpc) is 2.20. The maximum Gasteiger partial charge on any atom is 0.0613 e. The highest BCUT2D eigenvalue weighted by Crippen LogP contribution is 2.04. The van der Waals surface area contributed by atoms with E-state index in [0.29, 0.717) is 12.1 Å². The first-order valence-corrected chi connectivity index (χ1v) is 5.74. The van der Waals surface area contributed by atoms with Gasteiger partial charge in [-0.3, -0.25) is 4.90 Å². The Kier molecular flexibility index (Phi) is 5.53. The van der Waals surface area contributed by atoms with Crippen molar-refractivity contribution in [3.05, 3.63) is 0 Å². The molecule has 1 rings (SSSR count). The minimum Gasteiger partial charge on any atom is -0.383 e. The second kappa shape index (κ2) is 6.43. The molecule has 0 aromatic heterocycles. The van der Waals surface area contributed by atoms with Crippen molar-refractivity contribution in [2.24, 2.45) is 0 Å². The zero-order valence-corrected chi connectivity index (χ0v) is 10.5. The molecule has 90 valence electrons. The molecule has 1 aliphatic heterocycles. The average molecular weight is 215 g/mol. The van der Waals surface area contributed by atoms with Gasteiger partial charge in [-0.15, -0.1) is 0 Å². The van der Waals surface area contributed by atoms with Crippen molar-refractivity contribution in [2.45, 2.75) is 19.0 Å². The molecule has 0 aromatic rings. The van der Waals surface area contributed by atoms with Gasteiger partial charge < -0.3 is 15.0 Å². The van der Waals surface area contributed by atoms with Gasteiger partial charge in [0.1, 0.15) is 0 Å². The Hall–Kier alpha value is -0.160. The zero-order valence-electron chi connectivity index (χ0n) is 10.5. The molecule has 1 N–H and O–H groups in total. The van der Waals surface area contributed by atoms with E-state index in [0.717, 1.165) is 19.7 Å². The van der Waals surface area contributed by atoms with Gasteiger partial charge in [-0.25, -0.2) is 0 Å². The number of ether oxygens (including phenoxy) is 1. The third-order valence-corrected chi connectivity index (χ3v) is 3.10. The summed E-state index contributed by atoms with van der Waals surface area (Å²) in [6.45, 7) is 7.50. The predicted octanol–water partition coefficient (Wildman–Crippen LogP) is -0.143. The number of rotatable bonds is 5. The van der Waals surface area contributed by atoms with E-state index in [-0.39, 0.29) is 0 Å². The van der Waals surface area contributed by atoms with Crippen LogP contribution in [0.4, 0.5) is 0 Å². The van der Waals surface area contributed by atoms with Crippen molar-refractivity contribution in [1.82, 2.24) is 15.1 Å². The lowest BCUT2D eigenvalue weighted by atomic mass is 10.2. The Morgan fingerprint density at radius 1 is 1.40 bits per heavy atom. The number of nitrogens with zero attached hydrogens (tertiary/aromatic N) is 2. The molecule has 4 nitrogen and oxygen atoms in total. The molecule has 1 saturated heterocycles. The van der Waals surface area contributed by atoms with Gasteiger partial charge in [0, 0.05) is 45.4 Å². The molecule has 2 unspecified atom stereocenters. The van der Waals surface area contributed by atoms with Crippen LogP contribution in [0.2, 0.25) is 0 Å². The van der Waals surface area contributed by atoms with E-state index < -0.39 is 0 Å². The van der Waals surface area contributed by atoms with Crippen molar-refractivity contribution in [3.63, 3.8) is 0 Å². The number of methoxy groups -OCH3 is 1. The molecule has 0 spiro atoms. The molecular weight excluding hydrogens is 190 g/mol. The number of hydrogen-bond donors (Lipinski definition) is 1. The lowest BCUT2D eigenvalue weighted by Gasteiger charge is -2.38. The predicted molar refractivity (Wildman–Crippen MR) is 63.3 cm³/mol. The molecule has 0 bridgehead atoms. The van der Waals surface area contributed by atoms with E-state index in [1.54, 1.807) is 7.11 Å². The van der Waals surface area contributed by atoms with Crippen LogP contribution in [-0.4, -0.2) is 75.9 Å². The molecule has 0 amide bonds. The molecule has 0 radical (unpaired) electrons. The van der Waals surface area contributed by atoms with Gasteiger partial charge in [-0.2, -0.15) is 0 Å². The Balaban J connectivity index is 2.23. The van der Waals surface area contributed by atoms with E-state index >= 15 is 0 Å². The van der Waals surface area contributed by atoms with Crippen molar-refractivity contribution in [2.75, 3.05) is 54.0 Å². The number of piperazine rings is 1. The fraction of sp³-hybridized carbons (Fsp3) is 1.00. The van der Waals surface area contributed by atoms with Crippen LogP contribution in [0, 0.1) is 0 Å². The van der Waals surface area contributed by atoms with Gasteiger partial charge in [0.25, 0.3) is 0 Å². The quantitative estimate of drug-likeness (QED) is 0.691. The normalized spacial score (nSPS) is 26.8. The smallest absolute Gasteiger partial charge is 0.0613 e. The highest BCUT2D eigenvalue weighted by molar-refractivity contribution is 4.81. The monoisotopic (exact) mass is 215 g/mol. The van der Waals surface area contributed by atoms with Crippen LogP contribution in [0.3, 0.4) is 0 Å². The first kappa shape index (κ1) is 12.9. The van der Waals surface area contributed by atoms with Crippen LogP contribution in [0.15, 0.2) is 0 Å². The van der Waals surface area contributed by atoms with Gasteiger partial charge in [0.15, 0.2) is 0 Å². The Labute approximate surface area is 93.6 Å². The summed E-state index contributed by atoms with van der Waals surface area (Å²) in [6, 6.07) is 1.07. The standard InChI is InChI=1S/C11H25N3O/c1-10(9-15-4)12-7-11-8-13(2)5-6-14(11)3/h10-12H,5-9H2,1-4H3. The molecule has 1 heterocycles. The molecule has 0 saturated carbocycles. The number of likely N-dealkylation sites (N-methyl/N-ethyl adjacent to an activating group) is 2. The van der Waals surface area contributed by atoms with E-state index in [1.807, 2.05) is 0 Å². The first-order chi connectivity index (χ1) is 7.13.